The van der Waals surface area contributed by atoms with E-state index in [0.717, 1.165) is 13.1 Å². The second-order valence-corrected chi connectivity index (χ2v) is 5.19. The first-order valence-corrected chi connectivity index (χ1v) is 7.23. The number of amides is 1. The SMILES string of the molecule is CCC(NC(=O)C1(n2cccn2)CCNCC1)C(=O)OC. The number of carbonyl (C=O) groups is 2. The molecule has 2 rings (SSSR count). The van der Waals surface area contributed by atoms with Gasteiger partial charge in [0.1, 0.15) is 11.6 Å². The summed E-state index contributed by atoms with van der Waals surface area (Å²) in [5.41, 5.74) is -0.740. The van der Waals surface area contributed by atoms with Crippen molar-refractivity contribution < 1.29 is 14.3 Å². The van der Waals surface area contributed by atoms with Crippen molar-refractivity contribution in [2.24, 2.45) is 0 Å². The highest BCUT2D eigenvalue weighted by molar-refractivity contribution is 5.89. The molecule has 0 spiro atoms. The molecule has 1 amide bonds. The van der Waals surface area contributed by atoms with Gasteiger partial charge in [-0.25, -0.2) is 4.79 Å². The predicted octanol–water partition coefficient (Wildman–Crippen LogP) is 0.0296. The number of esters is 1. The van der Waals surface area contributed by atoms with Crippen molar-refractivity contribution in [2.45, 2.75) is 37.8 Å². The molecule has 1 saturated heterocycles. The van der Waals surface area contributed by atoms with E-state index < -0.39 is 17.6 Å². The van der Waals surface area contributed by atoms with Gasteiger partial charge in [-0.15, -0.1) is 0 Å². The number of nitrogens with one attached hydrogen (secondary N) is 2. The Morgan fingerprint density at radius 2 is 2.19 bits per heavy atom. The van der Waals surface area contributed by atoms with Crippen molar-refractivity contribution in [1.29, 1.82) is 0 Å². The van der Waals surface area contributed by atoms with Crippen LogP contribution in [-0.4, -0.2) is 47.9 Å². The highest BCUT2D eigenvalue weighted by Gasteiger charge is 2.43. The molecule has 0 aliphatic carbocycles. The number of hydrogen-bond acceptors (Lipinski definition) is 5. The Morgan fingerprint density at radius 3 is 2.71 bits per heavy atom. The summed E-state index contributed by atoms with van der Waals surface area (Å²) < 4.78 is 6.43. The van der Waals surface area contributed by atoms with Crippen LogP contribution in [-0.2, 0) is 19.9 Å². The van der Waals surface area contributed by atoms with Crippen LogP contribution in [0.3, 0.4) is 0 Å². The van der Waals surface area contributed by atoms with Crippen LogP contribution in [0.2, 0.25) is 0 Å². The van der Waals surface area contributed by atoms with E-state index in [4.69, 9.17) is 4.74 Å². The zero-order valence-corrected chi connectivity index (χ0v) is 12.5. The molecule has 0 aromatic carbocycles. The fraction of sp³-hybridized carbons (Fsp3) is 0.643. The molecule has 1 atom stereocenters. The van der Waals surface area contributed by atoms with Crippen LogP contribution in [0.1, 0.15) is 26.2 Å². The Morgan fingerprint density at radius 1 is 1.48 bits per heavy atom. The summed E-state index contributed by atoms with van der Waals surface area (Å²) in [6.45, 7) is 3.31. The quantitative estimate of drug-likeness (QED) is 0.748. The number of methoxy groups -OCH3 is 1. The van der Waals surface area contributed by atoms with Crippen molar-refractivity contribution in [3.05, 3.63) is 18.5 Å². The summed E-state index contributed by atoms with van der Waals surface area (Å²) in [7, 11) is 1.32. The molecule has 1 aromatic rings. The van der Waals surface area contributed by atoms with Gasteiger partial charge >= 0.3 is 5.97 Å². The number of aromatic nitrogens is 2. The zero-order valence-electron chi connectivity index (χ0n) is 12.5. The molecular formula is C14H22N4O3. The lowest BCUT2D eigenvalue weighted by molar-refractivity contribution is -0.147. The number of hydrogen-bond donors (Lipinski definition) is 2. The molecule has 1 aliphatic heterocycles. The van der Waals surface area contributed by atoms with Crippen molar-refractivity contribution in [3.8, 4) is 0 Å². The van der Waals surface area contributed by atoms with E-state index in [1.807, 2.05) is 6.92 Å². The molecule has 2 heterocycles. The molecule has 21 heavy (non-hydrogen) atoms. The monoisotopic (exact) mass is 294 g/mol. The topological polar surface area (TPSA) is 85.3 Å². The lowest BCUT2D eigenvalue weighted by Crippen LogP contribution is -2.57. The van der Waals surface area contributed by atoms with E-state index in [2.05, 4.69) is 15.7 Å². The molecule has 2 N–H and O–H groups in total. The van der Waals surface area contributed by atoms with Gasteiger partial charge in [0.25, 0.3) is 0 Å². The van der Waals surface area contributed by atoms with Gasteiger partial charge in [-0.3, -0.25) is 9.48 Å². The van der Waals surface area contributed by atoms with Gasteiger partial charge in [0.05, 0.1) is 7.11 Å². The first-order valence-electron chi connectivity index (χ1n) is 7.23. The minimum absolute atomic E-state index is 0.176. The highest BCUT2D eigenvalue weighted by atomic mass is 16.5. The van der Waals surface area contributed by atoms with Crippen molar-refractivity contribution >= 4 is 11.9 Å². The fourth-order valence-corrected chi connectivity index (χ4v) is 2.69. The standard InChI is InChI=1S/C14H22N4O3/c1-3-11(12(19)21-2)17-13(20)14(5-8-15-9-6-14)18-10-4-7-16-18/h4,7,10-11,15H,3,5-6,8-9H2,1-2H3,(H,17,20). The third-order valence-corrected chi connectivity index (χ3v) is 4.00. The largest absolute Gasteiger partial charge is 0.467 e. The maximum absolute atomic E-state index is 12.8. The molecule has 0 saturated carbocycles. The van der Waals surface area contributed by atoms with Crippen LogP contribution in [0.25, 0.3) is 0 Å². The Labute approximate surface area is 124 Å². The maximum Gasteiger partial charge on any atom is 0.328 e. The second-order valence-electron chi connectivity index (χ2n) is 5.19. The summed E-state index contributed by atoms with van der Waals surface area (Å²) in [6, 6.07) is 1.18. The van der Waals surface area contributed by atoms with Crippen LogP contribution in [0.15, 0.2) is 18.5 Å². The van der Waals surface area contributed by atoms with Crippen LogP contribution in [0.5, 0.6) is 0 Å². The molecule has 1 unspecified atom stereocenters. The van der Waals surface area contributed by atoms with Crippen molar-refractivity contribution in [3.63, 3.8) is 0 Å². The average molecular weight is 294 g/mol. The molecule has 1 aliphatic rings. The predicted molar refractivity (Wildman–Crippen MR) is 76.5 cm³/mol. The first-order chi connectivity index (χ1) is 10.1. The number of ether oxygens (including phenoxy) is 1. The highest BCUT2D eigenvalue weighted by Crippen LogP contribution is 2.27. The zero-order chi connectivity index (χ0) is 15.3. The smallest absolute Gasteiger partial charge is 0.328 e. The molecule has 7 heteroatoms. The third kappa shape index (κ3) is 3.07. The molecule has 1 fully saturated rings. The first kappa shape index (κ1) is 15.5. The van der Waals surface area contributed by atoms with Crippen LogP contribution >= 0.6 is 0 Å². The Hall–Kier alpha value is -1.89. The van der Waals surface area contributed by atoms with Gasteiger partial charge in [0.15, 0.2) is 0 Å². The third-order valence-electron chi connectivity index (χ3n) is 4.00. The van der Waals surface area contributed by atoms with Gasteiger partial charge in [-0.05, 0) is 38.4 Å². The Balaban J connectivity index is 2.21. The summed E-state index contributed by atoms with van der Waals surface area (Å²) in [6.07, 6.45) is 5.22. The number of rotatable bonds is 5. The maximum atomic E-state index is 12.8. The normalized spacial score (nSPS) is 18.8. The fourth-order valence-electron chi connectivity index (χ4n) is 2.69. The van der Waals surface area contributed by atoms with Crippen LogP contribution < -0.4 is 10.6 Å². The van der Waals surface area contributed by atoms with E-state index in [9.17, 15) is 9.59 Å². The summed E-state index contributed by atoms with van der Waals surface area (Å²) >= 11 is 0. The Kier molecular flexibility index (Phi) is 4.95. The number of carbonyl (C=O) groups excluding carboxylic acids is 2. The minimum Gasteiger partial charge on any atom is -0.467 e. The summed E-state index contributed by atoms with van der Waals surface area (Å²) in [5.74, 6) is -0.597. The Bertz CT molecular complexity index is 480. The minimum atomic E-state index is -0.740. The number of nitrogens with zero attached hydrogens (tertiary/aromatic N) is 2. The van der Waals surface area contributed by atoms with Gasteiger partial charge < -0.3 is 15.4 Å². The van der Waals surface area contributed by atoms with E-state index >= 15 is 0 Å². The van der Waals surface area contributed by atoms with E-state index in [1.165, 1.54) is 7.11 Å². The molecular weight excluding hydrogens is 272 g/mol. The van der Waals surface area contributed by atoms with Gasteiger partial charge in [-0.1, -0.05) is 6.92 Å². The van der Waals surface area contributed by atoms with Crippen LogP contribution in [0, 0.1) is 0 Å². The van der Waals surface area contributed by atoms with Gasteiger partial charge in [0.2, 0.25) is 5.91 Å². The van der Waals surface area contributed by atoms with Gasteiger partial charge in [0, 0.05) is 12.4 Å². The molecule has 0 radical (unpaired) electrons. The van der Waals surface area contributed by atoms with Crippen molar-refractivity contribution in [1.82, 2.24) is 20.4 Å². The van der Waals surface area contributed by atoms with E-state index in [-0.39, 0.29) is 5.91 Å². The van der Waals surface area contributed by atoms with Gasteiger partial charge in [-0.2, -0.15) is 5.10 Å². The van der Waals surface area contributed by atoms with E-state index in [1.54, 1.807) is 23.1 Å². The van der Waals surface area contributed by atoms with E-state index in [0.29, 0.717) is 19.3 Å². The lowest BCUT2D eigenvalue weighted by Gasteiger charge is -2.37. The lowest BCUT2D eigenvalue weighted by atomic mass is 9.87. The molecule has 0 bridgehead atoms. The second kappa shape index (κ2) is 6.71. The summed E-state index contributed by atoms with van der Waals surface area (Å²) in [5, 5.41) is 10.3. The average Bonchev–Trinajstić information content (AvgIpc) is 3.07. The van der Waals surface area contributed by atoms with Crippen LogP contribution in [0.4, 0.5) is 0 Å². The molecule has 7 nitrogen and oxygen atoms in total. The molecule has 1 aromatic heterocycles. The molecule has 116 valence electrons. The summed E-state index contributed by atoms with van der Waals surface area (Å²) in [4.78, 5) is 24.5. The number of piperidine rings is 1. The van der Waals surface area contributed by atoms with Crippen molar-refractivity contribution in [2.75, 3.05) is 20.2 Å².